The van der Waals surface area contributed by atoms with Crippen molar-refractivity contribution in [1.29, 1.82) is 0 Å². The minimum atomic E-state index is -3.50. The first-order chi connectivity index (χ1) is 8.86. The Bertz CT molecular complexity index is 511. The topological polar surface area (TPSA) is 64.6 Å². The minimum Gasteiger partial charge on any atom is -0.497 e. The van der Waals surface area contributed by atoms with Gasteiger partial charge in [-0.2, -0.15) is 0 Å². The molecule has 19 heavy (non-hydrogen) atoms. The monoisotopic (exact) mass is 287 g/mol. The van der Waals surface area contributed by atoms with E-state index in [1.165, 1.54) is 0 Å². The standard InChI is InChI=1S/C13H21NO4S/c1-10(2)18-8-7-14-19(15,16)13-6-5-12(17-4)9-11(13)3/h5-6,9-10,14H,7-8H2,1-4H3. The number of benzene rings is 1. The highest BCUT2D eigenvalue weighted by molar-refractivity contribution is 7.89. The first-order valence-corrected chi connectivity index (χ1v) is 7.61. The highest BCUT2D eigenvalue weighted by Crippen LogP contribution is 2.20. The SMILES string of the molecule is COc1ccc(S(=O)(=O)NCCOC(C)C)c(C)c1. The van der Waals surface area contributed by atoms with Gasteiger partial charge in [0.25, 0.3) is 0 Å². The second kappa shape index (κ2) is 6.88. The number of methoxy groups -OCH3 is 1. The van der Waals surface area contributed by atoms with E-state index in [1.54, 1.807) is 32.2 Å². The van der Waals surface area contributed by atoms with Crippen LogP contribution in [0.2, 0.25) is 0 Å². The Morgan fingerprint density at radius 2 is 2.00 bits per heavy atom. The smallest absolute Gasteiger partial charge is 0.240 e. The molecule has 6 heteroatoms. The van der Waals surface area contributed by atoms with Crippen LogP contribution in [-0.2, 0) is 14.8 Å². The van der Waals surface area contributed by atoms with E-state index < -0.39 is 10.0 Å². The van der Waals surface area contributed by atoms with Gasteiger partial charge in [0.05, 0.1) is 24.7 Å². The van der Waals surface area contributed by atoms with Crippen molar-refractivity contribution in [1.82, 2.24) is 4.72 Å². The molecular weight excluding hydrogens is 266 g/mol. The third-order valence-corrected chi connectivity index (χ3v) is 4.14. The van der Waals surface area contributed by atoms with E-state index in [1.807, 2.05) is 13.8 Å². The molecule has 0 aromatic heterocycles. The molecule has 0 bridgehead atoms. The van der Waals surface area contributed by atoms with Gasteiger partial charge >= 0.3 is 0 Å². The van der Waals surface area contributed by atoms with Crippen LogP contribution in [0.25, 0.3) is 0 Å². The molecule has 0 radical (unpaired) electrons. The summed E-state index contributed by atoms with van der Waals surface area (Å²) in [4.78, 5) is 0.262. The van der Waals surface area contributed by atoms with Crippen molar-refractivity contribution < 1.29 is 17.9 Å². The first-order valence-electron chi connectivity index (χ1n) is 6.12. The molecule has 0 aliphatic heterocycles. The number of ether oxygens (including phenoxy) is 2. The summed E-state index contributed by atoms with van der Waals surface area (Å²) in [5, 5.41) is 0. The van der Waals surface area contributed by atoms with Crippen molar-refractivity contribution >= 4 is 10.0 Å². The number of nitrogens with one attached hydrogen (secondary N) is 1. The van der Waals surface area contributed by atoms with Crippen LogP contribution in [0.4, 0.5) is 0 Å². The minimum absolute atomic E-state index is 0.0900. The number of rotatable bonds is 7. The van der Waals surface area contributed by atoms with Gasteiger partial charge in [0.1, 0.15) is 5.75 Å². The lowest BCUT2D eigenvalue weighted by Gasteiger charge is -2.11. The molecule has 0 heterocycles. The largest absolute Gasteiger partial charge is 0.497 e. The zero-order chi connectivity index (χ0) is 14.5. The van der Waals surface area contributed by atoms with Crippen LogP contribution in [0.5, 0.6) is 5.75 Å². The average molecular weight is 287 g/mol. The summed E-state index contributed by atoms with van der Waals surface area (Å²) in [5.41, 5.74) is 0.650. The van der Waals surface area contributed by atoms with Crippen molar-refractivity contribution in [3.05, 3.63) is 23.8 Å². The van der Waals surface area contributed by atoms with Crippen molar-refractivity contribution in [3.63, 3.8) is 0 Å². The summed E-state index contributed by atoms with van der Waals surface area (Å²) in [5.74, 6) is 0.639. The molecule has 0 saturated heterocycles. The highest BCUT2D eigenvalue weighted by atomic mass is 32.2. The summed E-state index contributed by atoms with van der Waals surface area (Å²) >= 11 is 0. The van der Waals surface area contributed by atoms with Crippen LogP contribution in [0.1, 0.15) is 19.4 Å². The summed E-state index contributed by atoms with van der Waals surface area (Å²) in [6.45, 7) is 6.16. The second-order valence-electron chi connectivity index (χ2n) is 4.45. The summed E-state index contributed by atoms with van der Waals surface area (Å²) < 4.78 is 37.0. The molecule has 0 spiro atoms. The van der Waals surface area contributed by atoms with Crippen LogP contribution in [-0.4, -0.2) is 34.8 Å². The summed E-state index contributed by atoms with van der Waals surface area (Å²) in [6.07, 6.45) is 0.0900. The van der Waals surface area contributed by atoms with Crippen molar-refractivity contribution in [2.24, 2.45) is 0 Å². The third kappa shape index (κ3) is 4.81. The van der Waals surface area contributed by atoms with E-state index in [-0.39, 0.29) is 17.5 Å². The number of sulfonamides is 1. The quantitative estimate of drug-likeness (QED) is 0.775. The molecule has 0 aliphatic rings. The fourth-order valence-corrected chi connectivity index (χ4v) is 2.84. The van der Waals surface area contributed by atoms with Crippen LogP contribution >= 0.6 is 0 Å². The van der Waals surface area contributed by atoms with Gasteiger partial charge in [0, 0.05) is 6.54 Å². The van der Waals surface area contributed by atoms with Crippen molar-refractivity contribution in [3.8, 4) is 5.75 Å². The van der Waals surface area contributed by atoms with E-state index in [4.69, 9.17) is 9.47 Å². The zero-order valence-electron chi connectivity index (χ0n) is 11.8. The number of hydrogen-bond donors (Lipinski definition) is 1. The second-order valence-corrected chi connectivity index (χ2v) is 6.18. The van der Waals surface area contributed by atoms with Gasteiger partial charge in [0.15, 0.2) is 0 Å². The fourth-order valence-electron chi connectivity index (χ4n) is 1.60. The lowest BCUT2D eigenvalue weighted by atomic mass is 10.2. The maximum atomic E-state index is 12.1. The van der Waals surface area contributed by atoms with Crippen LogP contribution in [0, 0.1) is 6.92 Å². The predicted octanol–water partition coefficient (Wildman–Crippen LogP) is 1.71. The van der Waals surface area contributed by atoms with Gasteiger partial charge in [-0.3, -0.25) is 0 Å². The van der Waals surface area contributed by atoms with Crippen LogP contribution < -0.4 is 9.46 Å². The summed E-state index contributed by atoms with van der Waals surface area (Å²) in [7, 11) is -1.95. The average Bonchev–Trinajstić information content (AvgIpc) is 2.34. The van der Waals surface area contributed by atoms with Gasteiger partial charge in [0.2, 0.25) is 10.0 Å². The normalized spacial score (nSPS) is 11.8. The number of aryl methyl sites for hydroxylation is 1. The van der Waals surface area contributed by atoms with Crippen molar-refractivity contribution in [2.45, 2.75) is 31.8 Å². The Kier molecular flexibility index (Phi) is 5.78. The maximum absolute atomic E-state index is 12.1. The van der Waals surface area contributed by atoms with Gasteiger partial charge in [-0.25, -0.2) is 13.1 Å². The Balaban J connectivity index is 2.72. The van der Waals surface area contributed by atoms with Gasteiger partial charge < -0.3 is 9.47 Å². The van der Waals surface area contributed by atoms with Gasteiger partial charge in [-0.15, -0.1) is 0 Å². The Morgan fingerprint density at radius 1 is 1.32 bits per heavy atom. The first kappa shape index (κ1) is 15.9. The van der Waals surface area contributed by atoms with Gasteiger partial charge in [-0.1, -0.05) is 0 Å². The highest BCUT2D eigenvalue weighted by Gasteiger charge is 2.16. The molecule has 108 valence electrons. The van der Waals surface area contributed by atoms with Crippen molar-refractivity contribution in [2.75, 3.05) is 20.3 Å². The number of hydrogen-bond acceptors (Lipinski definition) is 4. The van der Waals surface area contributed by atoms with Crippen LogP contribution in [0.3, 0.4) is 0 Å². The molecule has 1 rings (SSSR count). The molecule has 5 nitrogen and oxygen atoms in total. The Labute approximate surface area is 115 Å². The molecular formula is C13H21NO4S. The molecule has 0 aliphatic carbocycles. The van der Waals surface area contributed by atoms with Gasteiger partial charge in [-0.05, 0) is 44.5 Å². The van der Waals surface area contributed by atoms with E-state index in [9.17, 15) is 8.42 Å². The van der Waals surface area contributed by atoms with E-state index in [0.29, 0.717) is 17.9 Å². The molecule has 0 amide bonds. The molecule has 0 atom stereocenters. The van der Waals surface area contributed by atoms with Crippen LogP contribution in [0.15, 0.2) is 23.1 Å². The maximum Gasteiger partial charge on any atom is 0.240 e. The molecule has 1 aromatic carbocycles. The Hall–Kier alpha value is -1.11. The molecule has 0 unspecified atom stereocenters. The van der Waals surface area contributed by atoms with E-state index >= 15 is 0 Å². The summed E-state index contributed by atoms with van der Waals surface area (Å²) in [6, 6.07) is 4.87. The molecule has 0 saturated carbocycles. The molecule has 1 N–H and O–H groups in total. The third-order valence-electron chi connectivity index (χ3n) is 2.52. The zero-order valence-corrected chi connectivity index (χ0v) is 12.6. The lowest BCUT2D eigenvalue weighted by Crippen LogP contribution is -2.28. The molecule has 0 fully saturated rings. The van der Waals surface area contributed by atoms with E-state index in [2.05, 4.69) is 4.72 Å². The predicted molar refractivity (Wildman–Crippen MR) is 74.0 cm³/mol. The Morgan fingerprint density at radius 3 is 2.53 bits per heavy atom. The fraction of sp³-hybridized carbons (Fsp3) is 0.538. The lowest BCUT2D eigenvalue weighted by molar-refractivity contribution is 0.0834. The van der Waals surface area contributed by atoms with E-state index in [0.717, 1.165) is 0 Å². The molecule has 1 aromatic rings.